The number of aromatic amines is 1. The smallest absolute Gasteiger partial charge is 0.281 e. The molecule has 3 aromatic carbocycles. The average Bonchev–Trinajstić information content (AvgIpc) is 3.40. The van der Waals surface area contributed by atoms with Gasteiger partial charge in [-0.25, -0.2) is 9.67 Å². The van der Waals surface area contributed by atoms with Crippen molar-refractivity contribution in [3.05, 3.63) is 112 Å². The minimum Gasteiger partial charge on any atom is -0.339 e. The summed E-state index contributed by atoms with van der Waals surface area (Å²) in [7, 11) is 0. The molecule has 0 atom stereocenters. The van der Waals surface area contributed by atoms with Crippen LogP contribution in [0.3, 0.4) is 0 Å². The van der Waals surface area contributed by atoms with Gasteiger partial charge in [0.2, 0.25) is 0 Å². The van der Waals surface area contributed by atoms with Crippen LogP contribution < -0.4 is 5.56 Å². The Bertz CT molecular complexity index is 1720. The molecule has 6 rings (SSSR count). The molecule has 1 aliphatic rings. The van der Waals surface area contributed by atoms with Crippen LogP contribution in [0.15, 0.2) is 83.7 Å². The number of fused-ring (bicyclic) bond motifs is 1. The number of benzene rings is 3. The summed E-state index contributed by atoms with van der Waals surface area (Å²) in [5, 5.41) is 8.34. The van der Waals surface area contributed by atoms with Gasteiger partial charge in [0.15, 0.2) is 11.2 Å². The van der Waals surface area contributed by atoms with Crippen molar-refractivity contribution in [3.63, 3.8) is 0 Å². The van der Waals surface area contributed by atoms with E-state index in [1.54, 1.807) is 4.68 Å². The minimum absolute atomic E-state index is 0.0275. The molecule has 0 saturated carbocycles. The van der Waals surface area contributed by atoms with E-state index in [4.69, 9.17) is 4.98 Å². The fraction of sp³-hybridized carbons (Fsp3) is 0.303. The number of piperidine rings is 1. The first-order valence-electron chi connectivity index (χ1n) is 14.1. The summed E-state index contributed by atoms with van der Waals surface area (Å²) >= 11 is 0. The molecule has 3 heterocycles. The fourth-order valence-corrected chi connectivity index (χ4v) is 5.44. The van der Waals surface area contributed by atoms with Gasteiger partial charge in [-0.2, -0.15) is 0 Å². The molecular weight excluding hydrogens is 512 g/mol. The predicted octanol–water partition coefficient (Wildman–Crippen LogP) is 5.55. The standard InChI is InChI=1S/C33H34N6O2/c1-33(2,3)27-15-9-22(10-16-27)21-39-30-28(36-37-39)31(40)35-29(34-30)25-17-19-38(20-18-25)32(41)26-13-11-24(12-14-26)23-7-5-4-6-8-23/h4-16,25H,17-21H2,1-3H3,(H,34,35,40). The summed E-state index contributed by atoms with van der Waals surface area (Å²) in [5.74, 6) is 0.708. The van der Waals surface area contributed by atoms with Gasteiger partial charge in [0.25, 0.3) is 11.5 Å². The Morgan fingerprint density at radius 1 is 0.902 bits per heavy atom. The molecule has 208 valence electrons. The lowest BCUT2D eigenvalue weighted by molar-refractivity contribution is 0.0711. The third-order valence-electron chi connectivity index (χ3n) is 7.95. The maximum absolute atomic E-state index is 13.2. The number of carbonyl (C=O) groups excluding carboxylic acids is 1. The molecule has 1 fully saturated rings. The molecule has 5 aromatic rings. The number of likely N-dealkylation sites (tertiary alicyclic amines) is 1. The van der Waals surface area contributed by atoms with E-state index in [1.165, 1.54) is 5.56 Å². The summed E-state index contributed by atoms with van der Waals surface area (Å²) in [6, 6.07) is 26.4. The van der Waals surface area contributed by atoms with Crippen molar-refractivity contribution in [3.8, 4) is 11.1 Å². The highest BCUT2D eigenvalue weighted by atomic mass is 16.2. The van der Waals surface area contributed by atoms with Gasteiger partial charge >= 0.3 is 0 Å². The van der Waals surface area contributed by atoms with Crippen molar-refractivity contribution >= 4 is 17.1 Å². The van der Waals surface area contributed by atoms with Gasteiger partial charge in [0.05, 0.1) is 6.54 Å². The van der Waals surface area contributed by atoms with Gasteiger partial charge < -0.3 is 9.88 Å². The van der Waals surface area contributed by atoms with Crippen LogP contribution in [0.1, 0.15) is 66.8 Å². The maximum Gasteiger partial charge on any atom is 0.281 e. The first kappa shape index (κ1) is 26.6. The third kappa shape index (κ3) is 5.55. The Morgan fingerprint density at radius 2 is 1.56 bits per heavy atom. The Morgan fingerprint density at radius 3 is 2.22 bits per heavy atom. The molecule has 41 heavy (non-hydrogen) atoms. The second kappa shape index (κ2) is 10.8. The maximum atomic E-state index is 13.2. The van der Waals surface area contributed by atoms with Crippen molar-refractivity contribution in [2.75, 3.05) is 13.1 Å². The first-order valence-corrected chi connectivity index (χ1v) is 14.1. The van der Waals surface area contributed by atoms with E-state index in [9.17, 15) is 9.59 Å². The monoisotopic (exact) mass is 546 g/mol. The molecule has 1 aliphatic heterocycles. The number of hydrogen-bond donors (Lipinski definition) is 1. The molecule has 0 aliphatic carbocycles. The largest absolute Gasteiger partial charge is 0.339 e. The number of aromatic nitrogens is 5. The molecule has 0 unspecified atom stereocenters. The van der Waals surface area contributed by atoms with E-state index in [0.29, 0.717) is 36.7 Å². The predicted molar refractivity (Wildman–Crippen MR) is 160 cm³/mol. The van der Waals surface area contributed by atoms with Crippen LogP contribution in [0.5, 0.6) is 0 Å². The molecule has 8 heteroatoms. The second-order valence-corrected chi connectivity index (χ2v) is 11.8. The molecule has 1 amide bonds. The van der Waals surface area contributed by atoms with Crippen LogP contribution in [0.2, 0.25) is 0 Å². The highest BCUT2D eigenvalue weighted by Crippen LogP contribution is 2.28. The molecule has 2 aromatic heterocycles. The number of amides is 1. The van der Waals surface area contributed by atoms with Crippen molar-refractivity contribution in [1.29, 1.82) is 0 Å². The summed E-state index contributed by atoms with van der Waals surface area (Å²) in [5.41, 5.74) is 5.75. The lowest BCUT2D eigenvalue weighted by Gasteiger charge is -2.31. The fourth-order valence-electron chi connectivity index (χ4n) is 5.44. The number of rotatable bonds is 5. The third-order valence-corrected chi connectivity index (χ3v) is 7.95. The van der Waals surface area contributed by atoms with Crippen molar-refractivity contribution < 1.29 is 4.79 Å². The van der Waals surface area contributed by atoms with Crippen molar-refractivity contribution in [1.82, 2.24) is 29.9 Å². The molecule has 0 bridgehead atoms. The van der Waals surface area contributed by atoms with E-state index < -0.39 is 0 Å². The zero-order valence-electron chi connectivity index (χ0n) is 23.7. The highest BCUT2D eigenvalue weighted by Gasteiger charge is 2.27. The van der Waals surface area contributed by atoms with E-state index in [1.807, 2.05) is 47.4 Å². The molecule has 8 nitrogen and oxygen atoms in total. The van der Waals surface area contributed by atoms with Gasteiger partial charge in [0.1, 0.15) is 5.82 Å². The molecule has 1 saturated heterocycles. The number of nitrogens with zero attached hydrogens (tertiary/aromatic N) is 5. The van der Waals surface area contributed by atoms with E-state index >= 15 is 0 Å². The number of carbonyl (C=O) groups is 1. The van der Waals surface area contributed by atoms with Crippen LogP contribution in [-0.4, -0.2) is 48.9 Å². The zero-order chi connectivity index (χ0) is 28.6. The molecular formula is C33H34N6O2. The molecule has 1 N–H and O–H groups in total. The topological polar surface area (TPSA) is 96.8 Å². The van der Waals surface area contributed by atoms with Gasteiger partial charge in [-0.1, -0.05) is 92.7 Å². The molecule has 0 radical (unpaired) electrons. The lowest BCUT2D eigenvalue weighted by atomic mass is 9.87. The van der Waals surface area contributed by atoms with Crippen molar-refractivity contribution in [2.45, 2.75) is 51.5 Å². The Balaban J connectivity index is 1.14. The van der Waals surface area contributed by atoms with Gasteiger partial charge in [-0.05, 0) is 52.6 Å². The van der Waals surface area contributed by atoms with E-state index in [0.717, 1.165) is 29.5 Å². The molecule has 0 spiro atoms. The SMILES string of the molecule is CC(C)(C)c1ccc(Cn2nnc3c(=O)[nH]c(C4CCN(C(=O)c5ccc(-c6ccccc6)cc5)CC4)nc32)cc1. The summed E-state index contributed by atoms with van der Waals surface area (Å²) in [4.78, 5) is 35.7. The van der Waals surface area contributed by atoms with Crippen LogP contribution in [-0.2, 0) is 12.0 Å². The Labute approximate surface area is 239 Å². The quantitative estimate of drug-likeness (QED) is 0.312. The minimum atomic E-state index is -0.281. The van der Waals surface area contributed by atoms with Crippen LogP contribution in [0.25, 0.3) is 22.3 Å². The highest BCUT2D eigenvalue weighted by molar-refractivity contribution is 5.94. The van der Waals surface area contributed by atoms with E-state index in [2.05, 4.69) is 72.5 Å². The first-order chi connectivity index (χ1) is 19.8. The van der Waals surface area contributed by atoms with Gasteiger partial charge in [-0.3, -0.25) is 9.59 Å². The van der Waals surface area contributed by atoms with E-state index in [-0.39, 0.29) is 28.3 Å². The summed E-state index contributed by atoms with van der Waals surface area (Å²) < 4.78 is 1.69. The van der Waals surface area contributed by atoms with Crippen LogP contribution in [0.4, 0.5) is 0 Å². The average molecular weight is 547 g/mol. The van der Waals surface area contributed by atoms with Gasteiger partial charge in [0, 0.05) is 24.6 Å². The summed E-state index contributed by atoms with van der Waals surface area (Å²) in [6.45, 7) is 8.25. The number of H-pyrrole nitrogens is 1. The lowest BCUT2D eigenvalue weighted by Crippen LogP contribution is -2.38. The van der Waals surface area contributed by atoms with Crippen LogP contribution >= 0.6 is 0 Å². The summed E-state index contributed by atoms with van der Waals surface area (Å²) in [6.07, 6.45) is 1.44. The number of hydrogen-bond acceptors (Lipinski definition) is 5. The second-order valence-electron chi connectivity index (χ2n) is 11.8. The van der Waals surface area contributed by atoms with Crippen LogP contribution in [0, 0.1) is 0 Å². The van der Waals surface area contributed by atoms with Gasteiger partial charge in [-0.15, -0.1) is 5.10 Å². The number of nitrogens with one attached hydrogen (secondary N) is 1. The zero-order valence-corrected chi connectivity index (χ0v) is 23.7. The Hall–Kier alpha value is -4.59. The Kier molecular flexibility index (Phi) is 6.99. The normalized spacial score (nSPS) is 14.5. The van der Waals surface area contributed by atoms with Crippen molar-refractivity contribution in [2.24, 2.45) is 0 Å².